The van der Waals surface area contributed by atoms with Gasteiger partial charge in [-0.3, -0.25) is 0 Å². The van der Waals surface area contributed by atoms with Gasteiger partial charge in [-0.15, -0.1) is 0 Å². The lowest BCUT2D eigenvalue weighted by atomic mass is 10.0. The van der Waals surface area contributed by atoms with Crippen molar-refractivity contribution in [3.8, 4) is 17.1 Å². The largest absolute Gasteiger partial charge is 0.479 e. The van der Waals surface area contributed by atoms with Crippen molar-refractivity contribution < 1.29 is 4.74 Å². The van der Waals surface area contributed by atoms with Crippen molar-refractivity contribution in [3.05, 3.63) is 42.2 Å². The van der Waals surface area contributed by atoms with Crippen molar-refractivity contribution in [1.29, 1.82) is 0 Å². The molecule has 0 amide bonds. The quantitative estimate of drug-likeness (QED) is 0.844. The third-order valence-electron chi connectivity index (χ3n) is 3.47. The first-order chi connectivity index (χ1) is 10.3. The lowest BCUT2D eigenvalue weighted by Crippen LogP contribution is -2.21. The third-order valence-corrected chi connectivity index (χ3v) is 3.47. The molecule has 4 heteroatoms. The van der Waals surface area contributed by atoms with Gasteiger partial charge in [-0.2, -0.15) is 0 Å². The first-order valence-corrected chi connectivity index (χ1v) is 7.48. The van der Waals surface area contributed by atoms with Gasteiger partial charge in [0.25, 0.3) is 0 Å². The number of nitrogens with zero attached hydrogens (tertiary/aromatic N) is 2. The van der Waals surface area contributed by atoms with Crippen LogP contribution in [0.1, 0.15) is 38.3 Å². The van der Waals surface area contributed by atoms with Crippen molar-refractivity contribution >= 4 is 0 Å². The summed E-state index contributed by atoms with van der Waals surface area (Å²) >= 11 is 0. The monoisotopic (exact) mass is 285 g/mol. The molecular formula is C17H23N3O. The predicted molar refractivity (Wildman–Crippen MR) is 85.3 cm³/mol. The van der Waals surface area contributed by atoms with E-state index in [9.17, 15) is 0 Å². The molecule has 0 saturated carbocycles. The van der Waals surface area contributed by atoms with E-state index in [1.54, 1.807) is 19.5 Å². The molecule has 1 heterocycles. The Hall–Kier alpha value is -1.94. The molecular weight excluding hydrogens is 262 g/mol. The predicted octanol–water partition coefficient (Wildman–Crippen LogP) is 3.60. The van der Waals surface area contributed by atoms with Gasteiger partial charge in [-0.25, -0.2) is 9.97 Å². The molecule has 0 aliphatic rings. The van der Waals surface area contributed by atoms with Crippen molar-refractivity contribution in [2.45, 2.75) is 32.7 Å². The Kier molecular flexibility index (Phi) is 5.69. The topological polar surface area (TPSA) is 47.0 Å². The number of nitrogens with one attached hydrogen (secondary N) is 1. The first-order valence-electron chi connectivity index (χ1n) is 7.48. The summed E-state index contributed by atoms with van der Waals surface area (Å²) in [6.07, 6.45) is 5.52. The molecule has 0 aliphatic heterocycles. The highest BCUT2D eigenvalue weighted by atomic mass is 16.5. The summed E-state index contributed by atoms with van der Waals surface area (Å²) in [5.74, 6) is 0.559. The molecule has 1 aromatic carbocycles. The zero-order chi connectivity index (χ0) is 15.1. The molecule has 4 nitrogen and oxygen atoms in total. The van der Waals surface area contributed by atoms with E-state index in [0.717, 1.165) is 30.6 Å². The maximum atomic E-state index is 5.30. The lowest BCUT2D eigenvalue weighted by molar-refractivity contribution is 0.398. The van der Waals surface area contributed by atoms with E-state index in [4.69, 9.17) is 4.74 Å². The minimum Gasteiger partial charge on any atom is -0.479 e. The second-order valence-electron chi connectivity index (χ2n) is 4.95. The lowest BCUT2D eigenvalue weighted by Gasteiger charge is -2.18. The van der Waals surface area contributed by atoms with E-state index in [0.29, 0.717) is 11.9 Å². The van der Waals surface area contributed by atoms with Crippen molar-refractivity contribution in [3.63, 3.8) is 0 Å². The molecule has 0 fully saturated rings. The van der Waals surface area contributed by atoms with Crippen LogP contribution in [0.5, 0.6) is 5.88 Å². The van der Waals surface area contributed by atoms with Crippen molar-refractivity contribution in [2.75, 3.05) is 13.7 Å². The fraction of sp³-hybridized carbons (Fsp3) is 0.412. The molecule has 1 atom stereocenters. The Morgan fingerprint density at radius 2 is 2.00 bits per heavy atom. The van der Waals surface area contributed by atoms with Crippen LogP contribution in [-0.2, 0) is 0 Å². The Morgan fingerprint density at radius 3 is 2.71 bits per heavy atom. The Labute approximate surface area is 126 Å². The van der Waals surface area contributed by atoms with Gasteiger partial charge >= 0.3 is 0 Å². The van der Waals surface area contributed by atoms with E-state index in [-0.39, 0.29) is 0 Å². The number of aromatic nitrogens is 2. The molecule has 0 radical (unpaired) electrons. The van der Waals surface area contributed by atoms with Gasteiger partial charge in [0.05, 0.1) is 7.11 Å². The van der Waals surface area contributed by atoms with E-state index in [2.05, 4.69) is 47.3 Å². The van der Waals surface area contributed by atoms with Crippen LogP contribution in [0.2, 0.25) is 0 Å². The number of hydrogen-bond acceptors (Lipinski definition) is 4. The summed E-state index contributed by atoms with van der Waals surface area (Å²) in [7, 11) is 1.62. The van der Waals surface area contributed by atoms with E-state index < -0.39 is 0 Å². The van der Waals surface area contributed by atoms with Crippen LogP contribution in [-0.4, -0.2) is 23.6 Å². The van der Waals surface area contributed by atoms with Gasteiger partial charge < -0.3 is 10.1 Å². The van der Waals surface area contributed by atoms with Gasteiger partial charge in [-0.05, 0) is 31.0 Å². The first kappa shape index (κ1) is 15.4. The highest BCUT2D eigenvalue weighted by molar-refractivity contribution is 5.64. The van der Waals surface area contributed by atoms with Gasteiger partial charge in [0.15, 0.2) is 0 Å². The van der Waals surface area contributed by atoms with Gasteiger partial charge in [0.1, 0.15) is 5.69 Å². The molecule has 0 aliphatic carbocycles. The summed E-state index contributed by atoms with van der Waals surface area (Å²) in [5.41, 5.74) is 3.09. The second kappa shape index (κ2) is 7.74. The van der Waals surface area contributed by atoms with Gasteiger partial charge in [0, 0.05) is 24.0 Å². The molecule has 0 bridgehead atoms. The van der Waals surface area contributed by atoms with Crippen LogP contribution in [0.3, 0.4) is 0 Å². The zero-order valence-corrected chi connectivity index (χ0v) is 13.0. The average molecular weight is 285 g/mol. The minimum atomic E-state index is 0.368. The number of hydrogen-bond donors (Lipinski definition) is 1. The van der Waals surface area contributed by atoms with Crippen molar-refractivity contribution in [1.82, 2.24) is 15.3 Å². The van der Waals surface area contributed by atoms with Crippen molar-refractivity contribution in [2.24, 2.45) is 0 Å². The smallest absolute Gasteiger partial charge is 0.240 e. The molecule has 0 spiro atoms. The molecule has 21 heavy (non-hydrogen) atoms. The van der Waals surface area contributed by atoms with Gasteiger partial charge in [0.2, 0.25) is 5.88 Å². The summed E-state index contributed by atoms with van der Waals surface area (Å²) in [6.45, 7) is 5.40. The summed E-state index contributed by atoms with van der Waals surface area (Å²) < 4.78 is 5.30. The molecule has 112 valence electrons. The number of methoxy groups -OCH3 is 1. The maximum Gasteiger partial charge on any atom is 0.240 e. The molecule has 2 aromatic rings. The van der Waals surface area contributed by atoms with E-state index in [1.165, 1.54) is 5.56 Å². The number of ether oxygens (including phenoxy) is 1. The maximum absolute atomic E-state index is 5.30. The summed E-state index contributed by atoms with van der Waals surface area (Å²) in [4.78, 5) is 8.62. The molecule has 0 saturated heterocycles. The Morgan fingerprint density at radius 1 is 1.19 bits per heavy atom. The van der Waals surface area contributed by atoms with Crippen LogP contribution >= 0.6 is 0 Å². The van der Waals surface area contributed by atoms with Crippen LogP contribution in [0, 0.1) is 0 Å². The van der Waals surface area contributed by atoms with Crippen LogP contribution in [0.15, 0.2) is 36.7 Å². The second-order valence-corrected chi connectivity index (χ2v) is 4.95. The zero-order valence-electron chi connectivity index (χ0n) is 13.0. The number of rotatable bonds is 7. The molecule has 2 rings (SSSR count). The summed E-state index contributed by atoms with van der Waals surface area (Å²) in [6, 6.07) is 8.80. The minimum absolute atomic E-state index is 0.368. The van der Waals surface area contributed by atoms with E-state index >= 15 is 0 Å². The van der Waals surface area contributed by atoms with Crippen LogP contribution in [0.4, 0.5) is 0 Å². The van der Waals surface area contributed by atoms with E-state index in [1.807, 2.05) is 6.07 Å². The standard InChI is InChI=1S/C17H23N3O/c1-4-9-18-15(5-2)13-7-6-8-14(12-13)16-17(21-3)20-11-10-19-16/h6-8,10-12,15,18H,4-5,9H2,1-3H3. The average Bonchev–Trinajstić information content (AvgIpc) is 2.56. The van der Waals surface area contributed by atoms with Crippen LogP contribution < -0.4 is 10.1 Å². The molecule has 1 aromatic heterocycles. The fourth-order valence-electron chi connectivity index (χ4n) is 2.39. The Bertz CT molecular complexity index is 571. The normalized spacial score (nSPS) is 12.1. The Balaban J connectivity index is 2.32. The number of benzene rings is 1. The van der Waals surface area contributed by atoms with Crippen LogP contribution in [0.25, 0.3) is 11.3 Å². The fourth-order valence-corrected chi connectivity index (χ4v) is 2.39. The van der Waals surface area contributed by atoms with Gasteiger partial charge in [-0.1, -0.05) is 32.0 Å². The molecule has 1 N–H and O–H groups in total. The highest BCUT2D eigenvalue weighted by Gasteiger charge is 2.12. The highest BCUT2D eigenvalue weighted by Crippen LogP contribution is 2.28. The third kappa shape index (κ3) is 3.79. The molecule has 1 unspecified atom stereocenters. The summed E-state index contributed by atoms with van der Waals surface area (Å²) in [5, 5.41) is 3.58. The SMILES string of the molecule is CCCNC(CC)c1cccc(-c2nccnc2OC)c1.